The van der Waals surface area contributed by atoms with E-state index in [9.17, 15) is 43.9 Å². The molecular formula is C30H19F9O4S3. The maximum Gasteiger partial charge on any atom is 0.460 e. The first kappa shape index (κ1) is 33.8. The molecule has 0 spiro atoms. The SMILES string of the molecule is Cc1cc2sc3ccccc3c(=O)c2cc1S(OS(=O)(=O)C(F)(F)C(F)(F)C(F)(F)C(F)(F)F)(c1ccccc1)c1ccccc1. The van der Waals surface area contributed by atoms with Crippen LogP contribution in [0.15, 0.2) is 117 Å². The first-order valence-electron chi connectivity index (χ1n) is 12.8. The maximum atomic E-state index is 15.2. The van der Waals surface area contributed by atoms with Crippen LogP contribution in [0.3, 0.4) is 0 Å². The summed E-state index contributed by atoms with van der Waals surface area (Å²) < 4.78 is 158. The van der Waals surface area contributed by atoms with Crippen molar-refractivity contribution in [3.05, 3.63) is 113 Å². The molecule has 46 heavy (non-hydrogen) atoms. The lowest BCUT2D eigenvalue weighted by molar-refractivity contribution is -0.382. The topological polar surface area (TPSA) is 60.4 Å². The van der Waals surface area contributed by atoms with Crippen LogP contribution in [-0.2, 0) is 13.7 Å². The van der Waals surface area contributed by atoms with Crippen LogP contribution in [0.2, 0.25) is 0 Å². The fourth-order valence-corrected chi connectivity index (χ4v) is 11.3. The van der Waals surface area contributed by atoms with E-state index in [4.69, 9.17) is 3.63 Å². The zero-order valence-electron chi connectivity index (χ0n) is 23.0. The summed E-state index contributed by atoms with van der Waals surface area (Å²) >= 11 is 1.16. The molecule has 1 aromatic heterocycles. The van der Waals surface area contributed by atoms with Crippen LogP contribution in [0.4, 0.5) is 39.5 Å². The standard InChI is InChI=1S/C30H19F9O4S3/c1-18-16-24-22(26(40)21-14-8-9-15-23(21)44-24)17-25(18)45(19-10-4-2-5-11-19,20-12-6-3-7-13-20)43-46(41,42)30(38,39)28(33,34)27(31,32)29(35,36)37/h2-17H,1H3. The van der Waals surface area contributed by atoms with Crippen molar-refractivity contribution >= 4 is 51.9 Å². The lowest BCUT2D eigenvalue weighted by Gasteiger charge is -2.42. The number of rotatable bonds is 8. The van der Waals surface area contributed by atoms with Crippen molar-refractivity contribution in [1.29, 1.82) is 0 Å². The highest BCUT2D eigenvalue weighted by Crippen LogP contribution is 2.72. The maximum absolute atomic E-state index is 15.2. The summed E-state index contributed by atoms with van der Waals surface area (Å²) in [5.74, 6) is -15.0. The summed E-state index contributed by atoms with van der Waals surface area (Å²) in [6, 6.07) is 21.8. The quantitative estimate of drug-likeness (QED) is 0.119. The Morgan fingerprint density at radius 2 is 1.13 bits per heavy atom. The highest BCUT2D eigenvalue weighted by molar-refractivity contribution is 8.33. The fraction of sp³-hybridized carbons (Fsp3) is 0.167. The normalized spacial score (nSPS) is 14.1. The Morgan fingerprint density at radius 1 is 0.630 bits per heavy atom. The second-order valence-electron chi connectivity index (χ2n) is 9.91. The minimum absolute atomic E-state index is 0.0465. The number of hydrogen-bond donors (Lipinski definition) is 0. The summed E-state index contributed by atoms with van der Waals surface area (Å²) in [7, 11) is -11.6. The number of aryl methyl sites for hydroxylation is 1. The highest BCUT2D eigenvalue weighted by atomic mass is 32.3. The second kappa shape index (κ2) is 11.3. The van der Waals surface area contributed by atoms with Crippen molar-refractivity contribution < 1.29 is 51.6 Å². The van der Waals surface area contributed by atoms with Crippen molar-refractivity contribution in [1.82, 2.24) is 0 Å². The second-order valence-corrected chi connectivity index (χ2v) is 15.5. The van der Waals surface area contributed by atoms with Crippen LogP contribution < -0.4 is 5.43 Å². The summed E-state index contributed by atoms with van der Waals surface area (Å²) in [5.41, 5.74) is -0.461. The molecule has 0 atom stereocenters. The Balaban J connectivity index is 1.88. The van der Waals surface area contributed by atoms with E-state index in [-0.39, 0.29) is 31.0 Å². The zero-order chi connectivity index (χ0) is 33.9. The van der Waals surface area contributed by atoms with Gasteiger partial charge in [-0.3, -0.25) is 4.79 Å². The smallest absolute Gasteiger partial charge is 0.289 e. The predicted molar refractivity (Wildman–Crippen MR) is 157 cm³/mol. The lowest BCUT2D eigenvalue weighted by atomic mass is 10.1. The van der Waals surface area contributed by atoms with Gasteiger partial charge < -0.3 is 0 Å². The molecule has 0 unspecified atom stereocenters. The van der Waals surface area contributed by atoms with Crippen LogP contribution in [0, 0.1) is 6.92 Å². The van der Waals surface area contributed by atoms with Gasteiger partial charge in [-0.15, -0.1) is 11.3 Å². The molecule has 16 heteroatoms. The van der Waals surface area contributed by atoms with E-state index in [1.54, 1.807) is 18.2 Å². The van der Waals surface area contributed by atoms with Crippen molar-refractivity contribution in [3.63, 3.8) is 0 Å². The molecule has 0 aliphatic carbocycles. The van der Waals surface area contributed by atoms with Crippen molar-refractivity contribution in [2.45, 2.75) is 44.9 Å². The Labute approximate surface area is 260 Å². The van der Waals surface area contributed by atoms with Gasteiger partial charge in [-0.05, 0) is 71.3 Å². The number of halogens is 9. The van der Waals surface area contributed by atoms with Gasteiger partial charge in [-0.2, -0.15) is 47.9 Å². The Bertz CT molecular complexity index is 2060. The molecule has 0 radical (unpaired) electrons. The molecule has 0 N–H and O–H groups in total. The molecule has 244 valence electrons. The van der Waals surface area contributed by atoms with Crippen LogP contribution in [-0.4, -0.2) is 31.7 Å². The van der Waals surface area contributed by atoms with Gasteiger partial charge in [0.25, 0.3) is 0 Å². The average Bonchev–Trinajstić information content (AvgIpc) is 3.00. The third-order valence-electron chi connectivity index (χ3n) is 6.95. The number of fused-ring (bicyclic) bond motifs is 2. The van der Waals surface area contributed by atoms with Gasteiger partial charge >= 0.3 is 33.4 Å². The van der Waals surface area contributed by atoms with E-state index in [2.05, 4.69) is 0 Å². The first-order chi connectivity index (χ1) is 21.3. The molecule has 5 aromatic rings. The third kappa shape index (κ3) is 5.05. The zero-order valence-corrected chi connectivity index (χ0v) is 25.4. The van der Waals surface area contributed by atoms with Crippen molar-refractivity contribution in [2.75, 3.05) is 0 Å². The Kier molecular flexibility index (Phi) is 8.28. The van der Waals surface area contributed by atoms with Crippen molar-refractivity contribution in [3.8, 4) is 0 Å². The predicted octanol–water partition coefficient (Wildman–Crippen LogP) is 9.69. The molecule has 0 saturated heterocycles. The first-order valence-corrected chi connectivity index (χ1v) is 16.6. The average molecular weight is 711 g/mol. The third-order valence-corrected chi connectivity index (χ3v) is 13.4. The van der Waals surface area contributed by atoms with Crippen LogP contribution in [0.25, 0.3) is 20.2 Å². The number of alkyl halides is 9. The molecular weight excluding hydrogens is 692 g/mol. The molecule has 4 aromatic carbocycles. The largest absolute Gasteiger partial charge is 0.460 e. The van der Waals surface area contributed by atoms with Gasteiger partial charge in [-0.25, -0.2) is 3.63 Å². The molecule has 0 aliphatic heterocycles. The van der Waals surface area contributed by atoms with Gasteiger partial charge in [0.15, 0.2) is 5.43 Å². The summed E-state index contributed by atoms with van der Waals surface area (Å²) in [4.78, 5) is 12.8. The number of hydrogen-bond acceptors (Lipinski definition) is 5. The Morgan fingerprint density at radius 3 is 1.65 bits per heavy atom. The number of benzene rings is 4. The minimum Gasteiger partial charge on any atom is -0.289 e. The van der Waals surface area contributed by atoms with E-state index in [0.29, 0.717) is 9.40 Å². The molecule has 1 heterocycles. The van der Waals surface area contributed by atoms with E-state index >= 15 is 8.78 Å². The van der Waals surface area contributed by atoms with E-state index in [0.717, 1.165) is 17.4 Å². The molecule has 0 bridgehead atoms. The summed E-state index contributed by atoms with van der Waals surface area (Å²) in [5, 5.41) is -6.92. The van der Waals surface area contributed by atoms with Crippen LogP contribution in [0.5, 0.6) is 0 Å². The Hall–Kier alpha value is -3.60. The van der Waals surface area contributed by atoms with Crippen molar-refractivity contribution in [2.24, 2.45) is 0 Å². The monoisotopic (exact) mass is 710 g/mol. The molecule has 0 aliphatic rings. The van der Waals surface area contributed by atoms with Gasteiger partial charge in [0.2, 0.25) is 0 Å². The fourth-order valence-electron chi connectivity index (χ4n) is 4.66. The molecule has 0 saturated carbocycles. The van der Waals surface area contributed by atoms with E-state index in [1.165, 1.54) is 79.7 Å². The van der Waals surface area contributed by atoms with Crippen LogP contribution in [0.1, 0.15) is 5.56 Å². The summed E-state index contributed by atoms with van der Waals surface area (Å²) in [6.07, 6.45) is -7.26. The molecule has 0 amide bonds. The van der Waals surface area contributed by atoms with Crippen LogP contribution >= 0.6 is 21.6 Å². The van der Waals surface area contributed by atoms with Gasteiger partial charge in [0.05, 0.1) is 0 Å². The van der Waals surface area contributed by atoms with Gasteiger partial charge in [0, 0.05) is 34.9 Å². The summed E-state index contributed by atoms with van der Waals surface area (Å²) in [6.45, 7) is 1.38. The van der Waals surface area contributed by atoms with E-state index in [1.807, 2.05) is 0 Å². The highest BCUT2D eigenvalue weighted by Gasteiger charge is 2.86. The van der Waals surface area contributed by atoms with Gasteiger partial charge in [-0.1, -0.05) is 48.5 Å². The molecule has 5 rings (SSSR count). The molecule has 4 nitrogen and oxygen atoms in total. The minimum atomic E-state index is -7.52. The van der Waals surface area contributed by atoms with Gasteiger partial charge in [0.1, 0.15) is 0 Å². The lowest BCUT2D eigenvalue weighted by Crippen LogP contribution is -2.63. The van der Waals surface area contributed by atoms with E-state index < -0.39 is 49.1 Å². The molecule has 0 fully saturated rings.